The Morgan fingerprint density at radius 2 is 1.93 bits per heavy atom. The fourth-order valence-corrected chi connectivity index (χ4v) is 1.76. The molecule has 0 saturated heterocycles. The number of hydrogen-bond acceptors (Lipinski definition) is 4. The van der Waals surface area contributed by atoms with Gasteiger partial charge in [0.15, 0.2) is 5.03 Å². The highest BCUT2D eigenvalue weighted by molar-refractivity contribution is 7.86. The van der Waals surface area contributed by atoms with Gasteiger partial charge in [-0.15, -0.1) is 10.2 Å². The van der Waals surface area contributed by atoms with Gasteiger partial charge in [-0.25, -0.2) is 0 Å². The van der Waals surface area contributed by atoms with Gasteiger partial charge >= 0.3 is 0 Å². The molecule has 0 amide bonds. The van der Waals surface area contributed by atoms with Crippen molar-refractivity contribution in [2.24, 2.45) is 0 Å². The maximum atomic E-state index is 11.8. The number of nitrogens with zero attached hydrogens (tertiary/aromatic N) is 2. The Bertz CT molecular complexity index is 330. The maximum absolute atomic E-state index is 11.8. The van der Waals surface area contributed by atoms with Gasteiger partial charge in [0.05, 0.1) is 17.9 Å². The molecular formula is C9H14N2O2S. The molecule has 0 radical (unpaired) electrons. The van der Waals surface area contributed by atoms with Crippen molar-refractivity contribution in [3.8, 4) is 5.88 Å². The van der Waals surface area contributed by atoms with Crippen LogP contribution in [0.2, 0.25) is 0 Å². The highest BCUT2D eigenvalue weighted by atomic mass is 32.2. The Hall–Kier alpha value is -0.970. The molecule has 78 valence electrons. The van der Waals surface area contributed by atoms with E-state index in [4.69, 9.17) is 4.74 Å². The molecule has 0 N–H and O–H groups in total. The molecule has 0 aliphatic heterocycles. The Kier molecular flexibility index (Phi) is 3.21. The third-order valence-corrected chi connectivity index (χ3v) is 3.28. The normalized spacial score (nSPS) is 13.7. The summed E-state index contributed by atoms with van der Waals surface area (Å²) in [5.41, 5.74) is 0. The lowest BCUT2D eigenvalue weighted by Crippen LogP contribution is -2.22. The summed E-state index contributed by atoms with van der Waals surface area (Å²) in [4.78, 5) is 0. The quantitative estimate of drug-likeness (QED) is 0.746. The largest absolute Gasteiger partial charge is 0.480 e. The number of aromatic nitrogens is 2. The number of hydrogen-bond donors (Lipinski definition) is 0. The van der Waals surface area contributed by atoms with Crippen molar-refractivity contribution in [2.75, 3.05) is 7.11 Å². The molecule has 14 heavy (non-hydrogen) atoms. The molecule has 1 aromatic rings. The van der Waals surface area contributed by atoms with E-state index < -0.39 is 10.8 Å². The van der Waals surface area contributed by atoms with Gasteiger partial charge in [-0.2, -0.15) is 0 Å². The summed E-state index contributed by atoms with van der Waals surface area (Å²) in [5, 5.41) is 8.09. The molecule has 0 saturated carbocycles. The first-order valence-electron chi connectivity index (χ1n) is 4.25. The monoisotopic (exact) mass is 214 g/mol. The van der Waals surface area contributed by atoms with Crippen molar-refractivity contribution >= 4 is 10.8 Å². The molecule has 0 aliphatic carbocycles. The van der Waals surface area contributed by atoms with E-state index in [0.29, 0.717) is 10.9 Å². The molecule has 0 bridgehead atoms. The molecule has 1 heterocycles. The summed E-state index contributed by atoms with van der Waals surface area (Å²) in [6, 6.07) is 3.33. The lowest BCUT2D eigenvalue weighted by Gasteiger charge is -2.16. The van der Waals surface area contributed by atoms with Gasteiger partial charge in [0.25, 0.3) is 0 Å². The van der Waals surface area contributed by atoms with Crippen LogP contribution >= 0.6 is 0 Å². The number of methoxy groups -OCH3 is 1. The van der Waals surface area contributed by atoms with Crippen LogP contribution in [-0.2, 0) is 10.8 Å². The molecular weight excluding hydrogens is 200 g/mol. The third-order valence-electron chi connectivity index (χ3n) is 1.57. The third kappa shape index (κ3) is 2.51. The van der Waals surface area contributed by atoms with E-state index in [1.165, 1.54) is 7.11 Å². The molecule has 0 fully saturated rings. The molecule has 0 spiro atoms. The minimum Gasteiger partial charge on any atom is -0.480 e. The van der Waals surface area contributed by atoms with Gasteiger partial charge in [-0.05, 0) is 26.8 Å². The maximum Gasteiger partial charge on any atom is 0.233 e. The zero-order chi connectivity index (χ0) is 10.8. The molecule has 0 aromatic carbocycles. The molecule has 1 unspecified atom stereocenters. The Morgan fingerprint density at radius 3 is 2.29 bits per heavy atom. The zero-order valence-electron chi connectivity index (χ0n) is 8.77. The Balaban J connectivity index is 2.93. The van der Waals surface area contributed by atoms with E-state index >= 15 is 0 Å². The summed E-state index contributed by atoms with van der Waals surface area (Å²) in [7, 11) is 0.378. The summed E-state index contributed by atoms with van der Waals surface area (Å²) in [6.07, 6.45) is 0. The van der Waals surface area contributed by atoms with Gasteiger partial charge in [-0.3, -0.25) is 4.21 Å². The summed E-state index contributed by atoms with van der Waals surface area (Å²) in [5.74, 6) is 0.430. The zero-order valence-corrected chi connectivity index (χ0v) is 9.59. The minimum absolute atomic E-state index is 0.316. The van der Waals surface area contributed by atoms with Crippen molar-refractivity contribution in [2.45, 2.75) is 30.5 Å². The Morgan fingerprint density at radius 1 is 1.29 bits per heavy atom. The highest BCUT2D eigenvalue weighted by Crippen LogP contribution is 2.18. The van der Waals surface area contributed by atoms with Gasteiger partial charge in [0, 0.05) is 10.8 Å². The van der Waals surface area contributed by atoms with Crippen LogP contribution in [0, 0.1) is 0 Å². The van der Waals surface area contributed by atoms with Crippen molar-refractivity contribution in [1.29, 1.82) is 0 Å². The van der Waals surface area contributed by atoms with E-state index in [9.17, 15) is 4.21 Å². The summed E-state index contributed by atoms with van der Waals surface area (Å²) < 4.78 is 16.4. The van der Waals surface area contributed by atoms with Crippen LogP contribution in [0.1, 0.15) is 20.8 Å². The smallest absolute Gasteiger partial charge is 0.233 e. The van der Waals surface area contributed by atoms with Gasteiger partial charge in [-0.1, -0.05) is 0 Å². The highest BCUT2D eigenvalue weighted by Gasteiger charge is 2.22. The van der Waals surface area contributed by atoms with E-state index in [1.807, 2.05) is 20.8 Å². The van der Waals surface area contributed by atoms with E-state index in [1.54, 1.807) is 12.1 Å². The van der Waals surface area contributed by atoms with Gasteiger partial charge in [0.1, 0.15) is 0 Å². The van der Waals surface area contributed by atoms with Crippen molar-refractivity contribution in [1.82, 2.24) is 10.2 Å². The van der Waals surface area contributed by atoms with Gasteiger partial charge in [0.2, 0.25) is 5.88 Å². The fraction of sp³-hybridized carbons (Fsp3) is 0.556. The molecule has 1 aromatic heterocycles. The van der Waals surface area contributed by atoms with Crippen LogP contribution in [0.15, 0.2) is 17.2 Å². The van der Waals surface area contributed by atoms with Crippen LogP contribution < -0.4 is 4.74 Å². The number of ether oxygens (including phenoxy) is 1. The molecule has 1 atom stereocenters. The fourth-order valence-electron chi connectivity index (χ4n) is 0.829. The first kappa shape index (κ1) is 11.1. The summed E-state index contributed by atoms with van der Waals surface area (Å²) in [6.45, 7) is 5.69. The SMILES string of the molecule is COc1ccc(S(=O)C(C)(C)C)nn1. The van der Waals surface area contributed by atoms with Crippen molar-refractivity contribution < 1.29 is 8.95 Å². The topological polar surface area (TPSA) is 52.1 Å². The molecule has 1 rings (SSSR count). The lowest BCUT2D eigenvalue weighted by atomic mass is 10.3. The molecule has 4 nitrogen and oxygen atoms in total. The van der Waals surface area contributed by atoms with Crippen LogP contribution in [0.3, 0.4) is 0 Å². The lowest BCUT2D eigenvalue weighted by molar-refractivity contribution is 0.390. The average Bonchev–Trinajstić information content (AvgIpc) is 2.15. The first-order valence-corrected chi connectivity index (χ1v) is 5.40. The van der Waals surface area contributed by atoms with Crippen LogP contribution in [0.4, 0.5) is 0 Å². The second-order valence-corrected chi connectivity index (χ2v) is 5.98. The molecule has 5 heteroatoms. The standard InChI is InChI=1S/C9H14N2O2S/c1-9(2,3)14(12)8-6-5-7(13-4)10-11-8/h5-6H,1-4H3. The van der Waals surface area contributed by atoms with Crippen LogP contribution in [0.25, 0.3) is 0 Å². The van der Waals surface area contributed by atoms with Crippen molar-refractivity contribution in [3.05, 3.63) is 12.1 Å². The van der Waals surface area contributed by atoms with E-state index in [-0.39, 0.29) is 4.75 Å². The van der Waals surface area contributed by atoms with E-state index in [0.717, 1.165) is 0 Å². The van der Waals surface area contributed by atoms with Crippen LogP contribution in [0.5, 0.6) is 5.88 Å². The predicted octanol–water partition coefficient (Wildman–Crippen LogP) is 1.39. The minimum atomic E-state index is -1.14. The van der Waals surface area contributed by atoms with Gasteiger partial charge < -0.3 is 4.74 Å². The first-order chi connectivity index (χ1) is 6.45. The summed E-state index contributed by atoms with van der Waals surface area (Å²) >= 11 is 0. The average molecular weight is 214 g/mol. The van der Waals surface area contributed by atoms with Crippen molar-refractivity contribution in [3.63, 3.8) is 0 Å². The van der Waals surface area contributed by atoms with E-state index in [2.05, 4.69) is 10.2 Å². The second kappa shape index (κ2) is 4.04. The Labute approximate surface area is 86.2 Å². The van der Waals surface area contributed by atoms with Crippen LogP contribution in [-0.4, -0.2) is 26.3 Å². The second-order valence-electron chi connectivity index (χ2n) is 3.80. The molecule has 0 aliphatic rings. The number of rotatable bonds is 2. The predicted molar refractivity (Wildman–Crippen MR) is 54.7 cm³/mol.